The van der Waals surface area contributed by atoms with Gasteiger partial charge in [-0.15, -0.1) is 0 Å². The van der Waals surface area contributed by atoms with Gasteiger partial charge in [-0.25, -0.2) is 0 Å². The zero-order valence-electron chi connectivity index (χ0n) is 10.1. The molecule has 0 spiro atoms. The normalized spacial score (nSPS) is 10.5. The van der Waals surface area contributed by atoms with Gasteiger partial charge in [-0.1, -0.05) is 43.7 Å². The van der Waals surface area contributed by atoms with Crippen molar-refractivity contribution in [3.05, 3.63) is 35.4 Å². The van der Waals surface area contributed by atoms with E-state index in [0.29, 0.717) is 18.4 Å². The van der Waals surface area contributed by atoms with Crippen LogP contribution in [0.2, 0.25) is 0 Å². The highest BCUT2D eigenvalue weighted by Crippen LogP contribution is 2.09. The molecule has 0 saturated carbocycles. The third-order valence-electron chi connectivity index (χ3n) is 2.62. The number of ketones is 2. The van der Waals surface area contributed by atoms with Crippen molar-refractivity contribution in [2.75, 3.05) is 0 Å². The Morgan fingerprint density at radius 1 is 1.06 bits per heavy atom. The summed E-state index contributed by atoms with van der Waals surface area (Å²) in [5.41, 5.74) is 1.83. The van der Waals surface area contributed by atoms with Crippen LogP contribution in [0.15, 0.2) is 24.3 Å². The largest absolute Gasteiger partial charge is 0.299 e. The molecule has 2 heteroatoms. The average Bonchev–Trinajstić information content (AvgIpc) is 2.26. The molecule has 16 heavy (non-hydrogen) atoms. The van der Waals surface area contributed by atoms with Crippen molar-refractivity contribution in [3.63, 3.8) is 0 Å². The third kappa shape index (κ3) is 3.61. The van der Waals surface area contributed by atoms with Crippen LogP contribution in [0.25, 0.3) is 0 Å². The van der Waals surface area contributed by atoms with Crippen LogP contribution in [-0.2, 0) is 4.79 Å². The number of aryl methyl sites for hydroxylation is 1. The van der Waals surface area contributed by atoms with Crippen molar-refractivity contribution < 1.29 is 9.59 Å². The van der Waals surface area contributed by atoms with E-state index in [1.165, 1.54) is 0 Å². The molecule has 0 N–H and O–H groups in total. The fourth-order valence-corrected chi connectivity index (χ4v) is 1.41. The second-order valence-corrected chi connectivity index (χ2v) is 4.41. The molecular formula is C14H18O2. The smallest absolute Gasteiger partial charge is 0.163 e. The number of carbonyl (C=O) groups is 2. The molecule has 0 aliphatic heterocycles. The molecule has 0 aromatic heterocycles. The lowest BCUT2D eigenvalue weighted by molar-refractivity contribution is -0.121. The summed E-state index contributed by atoms with van der Waals surface area (Å²) >= 11 is 0. The molecule has 1 rings (SSSR count). The van der Waals surface area contributed by atoms with Gasteiger partial charge in [-0.05, 0) is 6.92 Å². The molecule has 0 fully saturated rings. The monoisotopic (exact) mass is 218 g/mol. The van der Waals surface area contributed by atoms with Crippen LogP contribution in [0.5, 0.6) is 0 Å². The summed E-state index contributed by atoms with van der Waals surface area (Å²) in [7, 11) is 0. The van der Waals surface area contributed by atoms with Gasteiger partial charge in [-0.3, -0.25) is 9.59 Å². The highest BCUT2D eigenvalue weighted by molar-refractivity contribution is 5.98. The predicted octanol–water partition coefficient (Wildman–Crippen LogP) is 3.18. The molecule has 0 aliphatic rings. The van der Waals surface area contributed by atoms with Gasteiger partial charge in [0, 0.05) is 24.3 Å². The molecule has 0 heterocycles. The average molecular weight is 218 g/mol. The lowest BCUT2D eigenvalue weighted by Gasteiger charge is -2.03. The van der Waals surface area contributed by atoms with Crippen LogP contribution < -0.4 is 0 Å². The molecule has 86 valence electrons. The van der Waals surface area contributed by atoms with E-state index in [9.17, 15) is 9.59 Å². The van der Waals surface area contributed by atoms with Crippen molar-refractivity contribution in [1.82, 2.24) is 0 Å². The Balaban J connectivity index is 2.53. The van der Waals surface area contributed by atoms with E-state index >= 15 is 0 Å². The van der Waals surface area contributed by atoms with Crippen molar-refractivity contribution in [2.24, 2.45) is 5.92 Å². The molecule has 1 aromatic rings. The van der Waals surface area contributed by atoms with E-state index < -0.39 is 0 Å². The minimum absolute atomic E-state index is 0.0193. The Morgan fingerprint density at radius 2 is 1.62 bits per heavy atom. The number of Topliss-reactive ketones (excluding diaryl/α,β-unsaturated/α-hetero) is 2. The molecule has 0 aliphatic carbocycles. The van der Waals surface area contributed by atoms with E-state index in [4.69, 9.17) is 0 Å². The van der Waals surface area contributed by atoms with Gasteiger partial charge in [0.15, 0.2) is 5.78 Å². The fourth-order valence-electron chi connectivity index (χ4n) is 1.41. The highest BCUT2D eigenvalue weighted by Gasteiger charge is 2.11. The van der Waals surface area contributed by atoms with E-state index in [2.05, 4.69) is 0 Å². The number of benzene rings is 1. The van der Waals surface area contributed by atoms with Gasteiger partial charge in [0.2, 0.25) is 0 Å². The minimum atomic E-state index is 0.0193. The van der Waals surface area contributed by atoms with Gasteiger partial charge in [0.05, 0.1) is 0 Å². The van der Waals surface area contributed by atoms with Crippen LogP contribution >= 0.6 is 0 Å². The zero-order valence-corrected chi connectivity index (χ0v) is 10.1. The molecule has 2 nitrogen and oxygen atoms in total. The van der Waals surface area contributed by atoms with E-state index in [1.54, 1.807) is 0 Å². The predicted molar refractivity (Wildman–Crippen MR) is 64.6 cm³/mol. The van der Waals surface area contributed by atoms with Crippen molar-refractivity contribution in [3.8, 4) is 0 Å². The Morgan fingerprint density at radius 3 is 2.12 bits per heavy atom. The van der Waals surface area contributed by atoms with Crippen LogP contribution in [0.3, 0.4) is 0 Å². The van der Waals surface area contributed by atoms with Gasteiger partial charge < -0.3 is 0 Å². The molecule has 0 amide bonds. The summed E-state index contributed by atoms with van der Waals surface area (Å²) in [5.74, 6) is 0.222. The highest BCUT2D eigenvalue weighted by atomic mass is 16.1. The van der Waals surface area contributed by atoms with Gasteiger partial charge in [-0.2, -0.15) is 0 Å². The third-order valence-corrected chi connectivity index (χ3v) is 2.62. The molecule has 0 atom stereocenters. The molecule has 1 aromatic carbocycles. The maximum Gasteiger partial charge on any atom is 0.163 e. The van der Waals surface area contributed by atoms with Gasteiger partial charge in [0.25, 0.3) is 0 Å². The molecule has 0 radical (unpaired) electrons. The Labute approximate surface area is 96.7 Å². The van der Waals surface area contributed by atoms with Gasteiger partial charge in [0.1, 0.15) is 5.78 Å². The number of carbonyl (C=O) groups excluding carboxylic acids is 2. The summed E-state index contributed by atoms with van der Waals surface area (Å²) in [5, 5.41) is 0. The zero-order chi connectivity index (χ0) is 12.1. The topological polar surface area (TPSA) is 34.1 Å². The molecule has 0 bridgehead atoms. The van der Waals surface area contributed by atoms with E-state index in [1.807, 2.05) is 45.0 Å². The lowest BCUT2D eigenvalue weighted by atomic mass is 10.00. The number of hydrogen-bond acceptors (Lipinski definition) is 2. The second kappa shape index (κ2) is 5.59. The van der Waals surface area contributed by atoms with Crippen LogP contribution in [0, 0.1) is 12.8 Å². The first kappa shape index (κ1) is 12.6. The molecule has 0 unspecified atom stereocenters. The summed E-state index contributed by atoms with van der Waals surface area (Å²) in [6.07, 6.45) is 0.671. The molecule has 0 saturated heterocycles. The molecular weight excluding hydrogens is 200 g/mol. The quantitative estimate of drug-likeness (QED) is 0.711. The standard InChI is InChI=1S/C14H18O2/c1-10(2)13(15)8-9-14(16)12-6-4-11(3)5-7-12/h4-7,10H,8-9H2,1-3H3. The van der Waals surface area contributed by atoms with Crippen LogP contribution in [0.1, 0.15) is 42.6 Å². The SMILES string of the molecule is Cc1ccc(C(=O)CCC(=O)C(C)C)cc1. The number of hydrogen-bond donors (Lipinski definition) is 0. The fraction of sp³-hybridized carbons (Fsp3) is 0.429. The second-order valence-electron chi connectivity index (χ2n) is 4.41. The Bertz CT molecular complexity index is 374. The summed E-state index contributed by atoms with van der Waals surface area (Å²) in [4.78, 5) is 23.1. The summed E-state index contributed by atoms with van der Waals surface area (Å²) < 4.78 is 0. The first-order valence-electron chi connectivity index (χ1n) is 5.63. The van der Waals surface area contributed by atoms with Crippen LogP contribution in [0.4, 0.5) is 0 Å². The Kier molecular flexibility index (Phi) is 4.41. The summed E-state index contributed by atoms with van der Waals surface area (Å²) in [6.45, 7) is 5.70. The van der Waals surface area contributed by atoms with E-state index in [0.717, 1.165) is 5.56 Å². The number of rotatable bonds is 5. The maximum atomic E-state index is 11.7. The Hall–Kier alpha value is -1.44. The van der Waals surface area contributed by atoms with Crippen molar-refractivity contribution in [1.29, 1.82) is 0 Å². The maximum absolute atomic E-state index is 11.7. The van der Waals surface area contributed by atoms with Crippen LogP contribution in [-0.4, -0.2) is 11.6 Å². The van der Waals surface area contributed by atoms with E-state index in [-0.39, 0.29) is 17.5 Å². The van der Waals surface area contributed by atoms with Crippen molar-refractivity contribution in [2.45, 2.75) is 33.6 Å². The van der Waals surface area contributed by atoms with Gasteiger partial charge >= 0.3 is 0 Å². The first-order chi connectivity index (χ1) is 7.50. The lowest BCUT2D eigenvalue weighted by Crippen LogP contribution is -2.09. The minimum Gasteiger partial charge on any atom is -0.299 e. The summed E-state index contributed by atoms with van der Waals surface area (Å²) in [6, 6.07) is 7.46. The first-order valence-corrected chi connectivity index (χ1v) is 5.63. The van der Waals surface area contributed by atoms with Crippen molar-refractivity contribution >= 4 is 11.6 Å².